The molecule has 0 N–H and O–H groups in total. The second kappa shape index (κ2) is 4.05. The maximum Gasteiger partial charge on any atom is 0.174 e. The lowest BCUT2D eigenvalue weighted by atomic mass is 9.52. The van der Waals surface area contributed by atoms with Crippen LogP contribution in [-0.4, -0.2) is 43.5 Å². The van der Waals surface area contributed by atoms with Gasteiger partial charge < -0.3 is 14.4 Å². The van der Waals surface area contributed by atoms with Gasteiger partial charge in [0.25, 0.3) is 0 Å². The molecule has 2 aliphatic heterocycles. The summed E-state index contributed by atoms with van der Waals surface area (Å²) in [5.41, 5.74) is -0.414. The minimum Gasteiger partial charge on any atom is -0.493 e. The van der Waals surface area contributed by atoms with Crippen molar-refractivity contribution in [2.75, 3.05) is 20.6 Å². The van der Waals surface area contributed by atoms with Crippen molar-refractivity contribution >= 4 is 5.78 Å². The zero-order valence-electron chi connectivity index (χ0n) is 20.2. The zero-order valence-corrected chi connectivity index (χ0v) is 12.2. The molecule has 2 bridgehead atoms. The number of hydrogen-bond donors (Lipinski definition) is 0. The van der Waals surface area contributed by atoms with E-state index in [0.29, 0.717) is 11.1 Å². The number of benzene rings is 1. The highest BCUT2D eigenvalue weighted by Crippen LogP contribution is 2.62. The predicted molar refractivity (Wildman–Crippen MR) is 81.6 cm³/mol. The Balaban J connectivity index is 1.87. The Morgan fingerprint density at radius 2 is 2.55 bits per heavy atom. The number of carbonyl (C=O) groups is 1. The third-order valence-electron chi connectivity index (χ3n) is 5.58. The largest absolute Gasteiger partial charge is 0.493 e. The molecule has 2 fully saturated rings. The van der Waals surface area contributed by atoms with Crippen molar-refractivity contribution in [2.45, 2.75) is 43.2 Å². The summed E-state index contributed by atoms with van der Waals surface area (Å²) in [6.45, 7) is -2.42. The van der Waals surface area contributed by atoms with Crippen LogP contribution in [0, 0.1) is 5.89 Å². The van der Waals surface area contributed by atoms with Gasteiger partial charge in [-0.3, -0.25) is 4.79 Å². The van der Waals surface area contributed by atoms with Crippen LogP contribution < -0.4 is 9.47 Å². The lowest BCUT2D eigenvalue weighted by Crippen LogP contribution is -2.65. The molecule has 4 aliphatic rings. The van der Waals surface area contributed by atoms with Crippen LogP contribution in [0.4, 0.5) is 0 Å². The number of likely N-dealkylation sites (N-methyl/N-ethyl adjacent to an activating group) is 1. The maximum absolute atomic E-state index is 13.1. The molecule has 116 valence electrons. The van der Waals surface area contributed by atoms with Gasteiger partial charge in [0.15, 0.2) is 23.4 Å². The van der Waals surface area contributed by atoms with Gasteiger partial charge in [-0.05, 0) is 50.3 Å². The first-order valence-electron chi connectivity index (χ1n) is 11.5. The smallest absolute Gasteiger partial charge is 0.174 e. The molecular formula is C18H21NO3. The van der Waals surface area contributed by atoms with Gasteiger partial charge in [0.05, 0.1) is 9.85 Å². The quantitative estimate of drug-likeness (QED) is 0.795. The van der Waals surface area contributed by atoms with Crippen LogP contribution in [-0.2, 0) is 16.6 Å². The highest BCUT2D eigenvalue weighted by atomic mass is 16.5. The highest BCUT2D eigenvalue weighted by Gasteiger charge is 2.65. The number of likely N-dealkylation sites (tertiary alicyclic amines) is 1. The molecule has 0 amide bonds. The van der Waals surface area contributed by atoms with Gasteiger partial charge in [0, 0.05) is 31.6 Å². The minimum absolute atomic E-state index is 0.00102. The average molecular weight is 307 g/mol. The molecule has 5 rings (SSSR count). The molecular weight excluding hydrogens is 278 g/mol. The Bertz CT molecular complexity index is 995. The molecule has 1 saturated carbocycles. The van der Waals surface area contributed by atoms with E-state index in [9.17, 15) is 6.17 Å². The Morgan fingerprint density at radius 3 is 3.36 bits per heavy atom. The molecule has 2 aliphatic carbocycles. The second-order valence-electron chi connectivity index (χ2n) is 6.34. The number of ether oxygens (including phenoxy) is 2. The summed E-state index contributed by atoms with van der Waals surface area (Å²) in [4.78, 5) is 14.3. The minimum atomic E-state index is -2.51. The maximum atomic E-state index is 13.1. The van der Waals surface area contributed by atoms with E-state index in [1.807, 2.05) is 0 Å². The van der Waals surface area contributed by atoms with Crippen LogP contribution in [0.3, 0.4) is 0 Å². The van der Waals surface area contributed by atoms with Crippen molar-refractivity contribution in [1.29, 1.82) is 0 Å². The van der Waals surface area contributed by atoms with Gasteiger partial charge in [0.2, 0.25) is 0 Å². The molecule has 4 heteroatoms. The fourth-order valence-electron chi connectivity index (χ4n) is 4.67. The van der Waals surface area contributed by atoms with Crippen molar-refractivity contribution in [3.05, 3.63) is 23.2 Å². The van der Waals surface area contributed by atoms with Crippen molar-refractivity contribution in [3.63, 3.8) is 0 Å². The summed E-state index contributed by atoms with van der Waals surface area (Å²) in [5.74, 6) is -2.31. The van der Waals surface area contributed by atoms with Crippen molar-refractivity contribution in [2.24, 2.45) is 5.89 Å². The third kappa shape index (κ3) is 1.27. The lowest BCUT2D eigenvalue weighted by molar-refractivity contribution is -0.138. The van der Waals surface area contributed by atoms with Gasteiger partial charge in [0.1, 0.15) is 0 Å². The third-order valence-corrected chi connectivity index (χ3v) is 5.58. The number of rotatable bonds is 1. The molecule has 1 spiro atoms. The lowest BCUT2D eigenvalue weighted by Gasteiger charge is -2.57. The van der Waals surface area contributed by atoms with Crippen molar-refractivity contribution in [3.8, 4) is 11.5 Å². The summed E-state index contributed by atoms with van der Waals surface area (Å²) in [5, 5.41) is 0. The van der Waals surface area contributed by atoms with Crippen molar-refractivity contribution in [1.82, 2.24) is 4.90 Å². The van der Waals surface area contributed by atoms with Crippen molar-refractivity contribution < 1.29 is 25.2 Å². The van der Waals surface area contributed by atoms with E-state index >= 15 is 0 Å². The summed E-state index contributed by atoms with van der Waals surface area (Å²) in [7, 11) is 1.33. The highest BCUT2D eigenvalue weighted by molar-refractivity contribution is 5.89. The van der Waals surface area contributed by atoms with Crippen LogP contribution in [0.15, 0.2) is 12.1 Å². The van der Waals surface area contributed by atoms with Gasteiger partial charge in [-0.15, -0.1) is 0 Å². The number of methoxy groups -OCH3 is 1. The monoisotopic (exact) mass is 307 g/mol. The SMILES string of the molecule is [2H]c1c([2H])c(OC)c2c3c1C[C@H]1N(C([2H])([2H])[2H])CC[C@@]34C(O2)C(=O)C([2H])([2H])C[C@@]14[2H]. The van der Waals surface area contributed by atoms with Gasteiger partial charge >= 0.3 is 0 Å². The average Bonchev–Trinajstić information content (AvgIpc) is 2.94. The second-order valence-corrected chi connectivity index (χ2v) is 6.34. The van der Waals surface area contributed by atoms with E-state index in [1.165, 1.54) is 12.0 Å². The Morgan fingerprint density at radius 1 is 1.64 bits per heavy atom. The fraction of sp³-hybridized carbons (Fsp3) is 0.611. The first-order chi connectivity index (χ1) is 13.8. The van der Waals surface area contributed by atoms with Crippen LogP contribution >= 0.6 is 0 Å². The first kappa shape index (κ1) is 7.35. The molecule has 4 nitrogen and oxygen atoms in total. The number of Topliss-reactive ketones (excluding diaryl/α,β-unsaturated/α-hetero) is 1. The van der Waals surface area contributed by atoms with Gasteiger partial charge in [-0.25, -0.2) is 0 Å². The number of hydrogen-bond acceptors (Lipinski definition) is 4. The van der Waals surface area contributed by atoms with Gasteiger partial charge in [-0.1, -0.05) is 6.04 Å². The fourth-order valence-corrected chi connectivity index (χ4v) is 4.67. The Labute approximate surface area is 141 Å². The standard InChI is InChI=1S/C18H21NO3/c1-19-8-7-18-11-4-5-13(20)17(18)22-16-14(21-2)6-3-10(15(16)18)9-12(11)19/h3,6,11-12,17H,4-5,7-9H2,1-2H3/t11-,12+,17?,18-/m0/s1/i1D3,3D,5D2,6D,11D. The number of ketones is 1. The van der Waals surface area contributed by atoms with Crippen LogP contribution in [0.1, 0.15) is 41.3 Å². The summed E-state index contributed by atoms with van der Waals surface area (Å²) >= 11 is 0. The van der Waals surface area contributed by atoms with Gasteiger partial charge in [-0.2, -0.15) is 0 Å². The summed E-state index contributed by atoms with van der Waals surface area (Å²) in [6.07, 6.45) is -4.01. The molecule has 4 atom stereocenters. The van der Waals surface area contributed by atoms with E-state index in [4.69, 9.17) is 19.1 Å². The van der Waals surface area contributed by atoms with E-state index in [1.54, 1.807) is 0 Å². The zero-order chi connectivity index (χ0) is 22.0. The molecule has 1 saturated heterocycles. The normalized spacial score (nSPS) is 50.0. The predicted octanol–water partition coefficient (Wildman–Crippen LogP) is 1.93. The number of nitrogens with zero attached hydrogens (tertiary/aromatic N) is 1. The van der Waals surface area contributed by atoms with Crippen LogP contribution in [0.5, 0.6) is 11.5 Å². The molecule has 1 unspecified atom stereocenters. The summed E-state index contributed by atoms with van der Waals surface area (Å²) in [6, 6.07) is -1.30. The molecule has 0 aromatic heterocycles. The topological polar surface area (TPSA) is 38.8 Å². The van der Waals surface area contributed by atoms with Crippen LogP contribution in [0.25, 0.3) is 0 Å². The van der Waals surface area contributed by atoms with Crippen LogP contribution in [0.2, 0.25) is 0 Å². The number of carbonyl (C=O) groups excluding carboxylic acids is 1. The summed E-state index contributed by atoms with van der Waals surface area (Å²) < 4.78 is 78.1. The molecule has 0 radical (unpaired) electrons. The van der Waals surface area contributed by atoms with E-state index in [0.717, 1.165) is 0 Å². The molecule has 2 heterocycles. The Hall–Kier alpha value is -1.55. The molecule has 1 aromatic carbocycles. The van der Waals surface area contributed by atoms with E-state index in [2.05, 4.69) is 0 Å². The Kier molecular flexibility index (Phi) is 1.35. The molecule has 1 aromatic rings. The first-order valence-corrected chi connectivity index (χ1v) is 7.49. The van der Waals surface area contributed by atoms with E-state index in [-0.39, 0.29) is 43.0 Å². The number of piperidine rings is 1. The molecule has 22 heavy (non-hydrogen) atoms. The van der Waals surface area contributed by atoms with E-state index < -0.39 is 49.0 Å².